The summed E-state index contributed by atoms with van der Waals surface area (Å²) in [6, 6.07) is 19.3. The lowest BCUT2D eigenvalue weighted by atomic mass is 9.97. The highest BCUT2D eigenvalue weighted by Gasteiger charge is 2.07. The van der Waals surface area contributed by atoms with Crippen molar-refractivity contribution in [2.75, 3.05) is 6.61 Å². The summed E-state index contributed by atoms with van der Waals surface area (Å²) in [4.78, 5) is 26.0. The minimum absolute atomic E-state index is 0.186. The molecule has 2 rings (SSSR count). The number of carbonyl (C=O) groups excluding carboxylic acids is 2. The van der Waals surface area contributed by atoms with Crippen LogP contribution in [0.3, 0.4) is 0 Å². The van der Waals surface area contributed by atoms with Crippen LogP contribution in [-0.4, -0.2) is 18.7 Å². The molecule has 0 aliphatic heterocycles. The average molecular weight is 319 g/mol. The molecular weight excluding hydrogens is 302 g/mol. The van der Waals surface area contributed by atoms with Gasteiger partial charge in [0.1, 0.15) is 0 Å². The van der Waals surface area contributed by atoms with Gasteiger partial charge >= 0.3 is 5.97 Å². The van der Waals surface area contributed by atoms with Gasteiger partial charge in [0.05, 0.1) is 12.3 Å². The standard InChI is InChI=1S/C20H17NO3/c1-2-24-20(23)14-18(21-15-22)13-19(16-9-5-3-6-10-16)17-11-7-4-8-12-17/h3-14H,2H2,1H3/b18-14-. The van der Waals surface area contributed by atoms with Crippen LogP contribution in [0.15, 0.2) is 83.5 Å². The van der Waals surface area contributed by atoms with Crippen molar-refractivity contribution in [3.05, 3.63) is 89.6 Å². The minimum Gasteiger partial charge on any atom is -0.463 e. The Morgan fingerprint density at radius 3 is 2.00 bits per heavy atom. The third-order valence-corrected chi connectivity index (χ3v) is 3.19. The highest BCUT2D eigenvalue weighted by Crippen LogP contribution is 2.25. The number of esters is 1. The summed E-state index contributed by atoms with van der Waals surface area (Å²) >= 11 is 0. The normalized spacial score (nSPS) is 10.5. The van der Waals surface area contributed by atoms with E-state index in [-0.39, 0.29) is 12.3 Å². The second-order valence-electron chi connectivity index (χ2n) is 4.81. The number of hydrogen-bond acceptors (Lipinski definition) is 4. The summed E-state index contributed by atoms with van der Waals surface area (Å²) in [7, 11) is 0. The van der Waals surface area contributed by atoms with E-state index in [9.17, 15) is 9.59 Å². The minimum atomic E-state index is -0.553. The summed E-state index contributed by atoms with van der Waals surface area (Å²) in [5.41, 5.74) is 2.91. The molecule has 0 fully saturated rings. The number of carbonyl (C=O) groups is 1. The molecule has 0 N–H and O–H groups in total. The average Bonchev–Trinajstić information content (AvgIpc) is 2.61. The first kappa shape index (κ1) is 17.1. The monoisotopic (exact) mass is 319 g/mol. The van der Waals surface area contributed by atoms with E-state index in [1.807, 2.05) is 60.7 Å². The third-order valence-electron chi connectivity index (χ3n) is 3.19. The van der Waals surface area contributed by atoms with Crippen molar-refractivity contribution in [3.8, 4) is 0 Å². The summed E-state index contributed by atoms with van der Waals surface area (Å²) in [5.74, 6) is -0.553. The van der Waals surface area contributed by atoms with Gasteiger partial charge in [0, 0.05) is 6.08 Å². The lowest BCUT2D eigenvalue weighted by Gasteiger charge is -2.08. The van der Waals surface area contributed by atoms with Gasteiger partial charge in [-0.1, -0.05) is 60.7 Å². The van der Waals surface area contributed by atoms with Gasteiger partial charge in [0.15, 0.2) is 0 Å². The van der Waals surface area contributed by atoms with Crippen LogP contribution in [0.25, 0.3) is 5.57 Å². The van der Waals surface area contributed by atoms with Crippen molar-refractivity contribution >= 4 is 17.6 Å². The van der Waals surface area contributed by atoms with Gasteiger partial charge in [-0.15, -0.1) is 0 Å². The van der Waals surface area contributed by atoms with Crippen LogP contribution < -0.4 is 0 Å². The molecule has 0 aliphatic carbocycles. The Kier molecular flexibility index (Phi) is 6.45. The molecule has 0 heterocycles. The fourth-order valence-corrected chi connectivity index (χ4v) is 2.18. The van der Waals surface area contributed by atoms with Crippen LogP contribution in [0, 0.1) is 0 Å². The molecule has 2 aromatic rings. The zero-order valence-corrected chi connectivity index (χ0v) is 13.3. The van der Waals surface area contributed by atoms with Gasteiger partial charge in [0.25, 0.3) is 0 Å². The Labute approximate surface area is 140 Å². The SMILES string of the molecule is CCOC(=O)/C=C(/C=C(c1ccccc1)c1ccccc1)N=C=O. The highest BCUT2D eigenvalue weighted by atomic mass is 16.5. The van der Waals surface area contributed by atoms with Crippen LogP contribution in [0.1, 0.15) is 18.1 Å². The first-order valence-corrected chi connectivity index (χ1v) is 7.53. The number of benzene rings is 2. The molecule has 120 valence electrons. The van der Waals surface area contributed by atoms with E-state index >= 15 is 0 Å². The number of rotatable bonds is 6. The van der Waals surface area contributed by atoms with Crippen LogP contribution >= 0.6 is 0 Å². The van der Waals surface area contributed by atoms with Crippen molar-refractivity contribution < 1.29 is 14.3 Å². The number of isocyanates is 1. The maximum absolute atomic E-state index is 11.7. The number of ether oxygens (including phenoxy) is 1. The molecule has 0 bridgehead atoms. The quantitative estimate of drug-likeness (QED) is 0.267. The summed E-state index contributed by atoms with van der Waals surface area (Å²) in [6.45, 7) is 1.96. The Bertz CT molecular complexity index is 745. The third kappa shape index (κ3) is 4.90. The number of allylic oxidation sites excluding steroid dienone is 1. The Balaban J connectivity index is 2.54. The van der Waals surface area contributed by atoms with E-state index < -0.39 is 5.97 Å². The van der Waals surface area contributed by atoms with Crippen LogP contribution in [0.4, 0.5) is 0 Å². The second-order valence-corrected chi connectivity index (χ2v) is 4.81. The number of aliphatic imine (C=N–C) groups is 1. The predicted octanol–water partition coefficient (Wildman–Crippen LogP) is 3.90. The molecule has 24 heavy (non-hydrogen) atoms. The molecule has 0 atom stereocenters. The largest absolute Gasteiger partial charge is 0.463 e. The Hall–Kier alpha value is -3.23. The van der Waals surface area contributed by atoms with Gasteiger partial charge in [-0.3, -0.25) is 0 Å². The van der Waals surface area contributed by atoms with Crippen molar-refractivity contribution in [1.82, 2.24) is 0 Å². The maximum Gasteiger partial charge on any atom is 0.332 e. The summed E-state index contributed by atoms with van der Waals surface area (Å²) < 4.78 is 4.88. The zero-order chi connectivity index (χ0) is 17.2. The molecular formula is C20H17NO3. The molecule has 4 heteroatoms. The van der Waals surface area contributed by atoms with E-state index in [2.05, 4.69) is 4.99 Å². The maximum atomic E-state index is 11.7. The molecule has 0 aromatic heterocycles. The molecule has 0 amide bonds. The lowest BCUT2D eigenvalue weighted by molar-refractivity contribution is -0.137. The Morgan fingerprint density at radius 1 is 1.00 bits per heavy atom. The van der Waals surface area contributed by atoms with E-state index in [0.29, 0.717) is 0 Å². The fraction of sp³-hybridized carbons (Fsp3) is 0.100. The van der Waals surface area contributed by atoms with Gasteiger partial charge in [-0.25, -0.2) is 9.59 Å². The van der Waals surface area contributed by atoms with Gasteiger partial charge in [-0.05, 0) is 29.7 Å². The molecule has 0 saturated heterocycles. The molecule has 0 spiro atoms. The fourth-order valence-electron chi connectivity index (χ4n) is 2.18. The van der Waals surface area contributed by atoms with Crippen molar-refractivity contribution in [3.63, 3.8) is 0 Å². The lowest BCUT2D eigenvalue weighted by Crippen LogP contribution is -2.00. The molecule has 0 saturated carbocycles. The van der Waals surface area contributed by atoms with E-state index in [1.54, 1.807) is 13.0 Å². The molecule has 0 unspecified atom stereocenters. The van der Waals surface area contributed by atoms with E-state index in [4.69, 9.17) is 4.74 Å². The smallest absolute Gasteiger partial charge is 0.332 e. The van der Waals surface area contributed by atoms with Gasteiger partial charge in [0.2, 0.25) is 6.08 Å². The molecule has 0 radical (unpaired) electrons. The second kappa shape index (κ2) is 9.03. The molecule has 4 nitrogen and oxygen atoms in total. The Morgan fingerprint density at radius 2 is 1.54 bits per heavy atom. The summed E-state index contributed by atoms with van der Waals surface area (Å²) in [6.07, 6.45) is 4.33. The predicted molar refractivity (Wildman–Crippen MR) is 92.8 cm³/mol. The van der Waals surface area contributed by atoms with Crippen molar-refractivity contribution in [2.45, 2.75) is 6.92 Å². The van der Waals surface area contributed by atoms with Crippen LogP contribution in [-0.2, 0) is 14.3 Å². The first-order valence-electron chi connectivity index (χ1n) is 7.53. The van der Waals surface area contributed by atoms with E-state index in [1.165, 1.54) is 12.2 Å². The van der Waals surface area contributed by atoms with Gasteiger partial charge < -0.3 is 4.74 Å². The van der Waals surface area contributed by atoms with Gasteiger partial charge in [-0.2, -0.15) is 4.99 Å². The summed E-state index contributed by atoms with van der Waals surface area (Å²) in [5, 5.41) is 0. The van der Waals surface area contributed by atoms with Crippen molar-refractivity contribution in [2.24, 2.45) is 4.99 Å². The molecule has 0 aliphatic rings. The van der Waals surface area contributed by atoms with Crippen LogP contribution in [0.2, 0.25) is 0 Å². The number of nitrogens with zero attached hydrogens (tertiary/aromatic N) is 1. The topological polar surface area (TPSA) is 55.7 Å². The van der Waals surface area contributed by atoms with E-state index in [0.717, 1.165) is 16.7 Å². The highest BCUT2D eigenvalue weighted by molar-refractivity contribution is 5.86. The zero-order valence-electron chi connectivity index (χ0n) is 13.3. The number of hydrogen-bond donors (Lipinski definition) is 0. The first-order chi connectivity index (χ1) is 11.7. The van der Waals surface area contributed by atoms with Crippen LogP contribution in [0.5, 0.6) is 0 Å². The van der Waals surface area contributed by atoms with Crippen molar-refractivity contribution in [1.29, 1.82) is 0 Å². The molecule has 2 aromatic carbocycles.